The first kappa shape index (κ1) is 12.4. The van der Waals surface area contributed by atoms with Crippen molar-refractivity contribution in [3.05, 3.63) is 10.6 Å². The molecular weight excluding hydrogens is 236 g/mol. The fourth-order valence-corrected chi connectivity index (χ4v) is 3.14. The molecule has 1 aliphatic carbocycles. The zero-order chi connectivity index (χ0) is 12.3. The average molecular weight is 254 g/mol. The molecule has 0 aromatic carbocycles. The highest BCUT2D eigenvalue weighted by molar-refractivity contribution is 7.15. The third-order valence-corrected chi connectivity index (χ3v) is 4.08. The van der Waals surface area contributed by atoms with E-state index in [2.05, 4.69) is 10.3 Å². The molecular formula is C12H18N2O2S. The number of carboxylic acids is 1. The fourth-order valence-electron chi connectivity index (χ4n) is 2.25. The molecule has 1 fully saturated rings. The predicted molar refractivity (Wildman–Crippen MR) is 68.9 cm³/mol. The summed E-state index contributed by atoms with van der Waals surface area (Å²) >= 11 is 1.44. The number of anilines is 1. The van der Waals surface area contributed by atoms with E-state index in [9.17, 15) is 4.79 Å². The molecule has 2 rings (SSSR count). The second-order valence-electron chi connectivity index (χ2n) is 4.56. The van der Waals surface area contributed by atoms with Gasteiger partial charge in [0.15, 0.2) is 10.8 Å². The standard InChI is InChI=1S/C12H18N2O2S/c1-8-10(11(15)16)14-12(17-8)13-9-6-4-2-3-5-7-9/h9H,2-7H2,1H3,(H,13,14)(H,15,16). The number of carboxylic acid groups (broad SMARTS) is 1. The van der Waals surface area contributed by atoms with Crippen LogP contribution in [0.15, 0.2) is 0 Å². The van der Waals surface area contributed by atoms with Crippen LogP contribution in [0.5, 0.6) is 0 Å². The lowest BCUT2D eigenvalue weighted by Gasteiger charge is -2.14. The summed E-state index contributed by atoms with van der Waals surface area (Å²) in [6, 6.07) is 0.463. The molecule has 17 heavy (non-hydrogen) atoms. The minimum atomic E-state index is -0.937. The number of rotatable bonds is 3. The number of hydrogen-bond acceptors (Lipinski definition) is 4. The molecule has 1 heterocycles. The number of aryl methyl sites for hydroxylation is 1. The van der Waals surface area contributed by atoms with Gasteiger partial charge in [0.05, 0.1) is 0 Å². The van der Waals surface area contributed by atoms with Crippen molar-refractivity contribution in [1.82, 2.24) is 4.98 Å². The van der Waals surface area contributed by atoms with Gasteiger partial charge in [0.25, 0.3) is 0 Å². The third-order valence-electron chi connectivity index (χ3n) is 3.18. The topological polar surface area (TPSA) is 62.2 Å². The molecule has 94 valence electrons. The van der Waals surface area contributed by atoms with Crippen LogP contribution in [0.1, 0.15) is 53.9 Å². The first-order chi connectivity index (χ1) is 8.16. The number of thiazole rings is 1. The van der Waals surface area contributed by atoms with Crippen LogP contribution in [-0.4, -0.2) is 22.1 Å². The summed E-state index contributed by atoms with van der Waals surface area (Å²) in [7, 11) is 0. The van der Waals surface area contributed by atoms with E-state index in [0.717, 1.165) is 10.0 Å². The molecule has 5 heteroatoms. The van der Waals surface area contributed by atoms with Crippen molar-refractivity contribution < 1.29 is 9.90 Å². The minimum absolute atomic E-state index is 0.186. The van der Waals surface area contributed by atoms with Crippen LogP contribution in [0, 0.1) is 6.92 Å². The van der Waals surface area contributed by atoms with Gasteiger partial charge in [0.1, 0.15) is 0 Å². The summed E-state index contributed by atoms with van der Waals surface area (Å²) < 4.78 is 0. The summed E-state index contributed by atoms with van der Waals surface area (Å²) in [5, 5.41) is 13.1. The van der Waals surface area contributed by atoms with E-state index >= 15 is 0 Å². The molecule has 1 saturated carbocycles. The van der Waals surface area contributed by atoms with Crippen molar-refractivity contribution in [3.8, 4) is 0 Å². The van der Waals surface area contributed by atoms with E-state index in [1.165, 1.54) is 49.9 Å². The van der Waals surface area contributed by atoms with Gasteiger partial charge >= 0.3 is 5.97 Å². The quantitative estimate of drug-likeness (QED) is 0.812. The van der Waals surface area contributed by atoms with E-state index in [1.54, 1.807) is 6.92 Å². The SMILES string of the molecule is Cc1sc(NC2CCCCCC2)nc1C(=O)O. The Morgan fingerprint density at radius 3 is 2.53 bits per heavy atom. The second-order valence-corrected chi connectivity index (χ2v) is 5.76. The lowest BCUT2D eigenvalue weighted by Crippen LogP contribution is -2.18. The molecule has 0 unspecified atom stereocenters. The number of hydrogen-bond donors (Lipinski definition) is 2. The molecule has 0 radical (unpaired) electrons. The Balaban J connectivity index is 2.02. The van der Waals surface area contributed by atoms with Crippen LogP contribution in [0.25, 0.3) is 0 Å². The summed E-state index contributed by atoms with van der Waals surface area (Å²) in [6.07, 6.45) is 7.48. The van der Waals surface area contributed by atoms with Gasteiger partial charge in [-0.2, -0.15) is 0 Å². The third kappa shape index (κ3) is 3.19. The van der Waals surface area contributed by atoms with Crippen molar-refractivity contribution in [2.45, 2.75) is 51.5 Å². The van der Waals surface area contributed by atoms with Crippen LogP contribution in [0.4, 0.5) is 5.13 Å². The van der Waals surface area contributed by atoms with Crippen molar-refractivity contribution in [2.75, 3.05) is 5.32 Å². The average Bonchev–Trinajstić information content (AvgIpc) is 2.50. The Morgan fingerprint density at radius 2 is 2.00 bits per heavy atom. The van der Waals surface area contributed by atoms with Crippen LogP contribution >= 0.6 is 11.3 Å². The molecule has 0 saturated heterocycles. The molecule has 0 aliphatic heterocycles. The molecule has 1 aromatic heterocycles. The highest BCUT2D eigenvalue weighted by Crippen LogP contribution is 2.26. The van der Waals surface area contributed by atoms with Gasteiger partial charge in [-0.25, -0.2) is 9.78 Å². The maximum atomic E-state index is 10.9. The Labute approximate surface area is 105 Å². The molecule has 4 nitrogen and oxygen atoms in total. The highest BCUT2D eigenvalue weighted by Gasteiger charge is 2.17. The maximum Gasteiger partial charge on any atom is 0.355 e. The Kier molecular flexibility index (Phi) is 3.99. The number of aromatic carboxylic acids is 1. The molecule has 0 amide bonds. The summed E-state index contributed by atoms with van der Waals surface area (Å²) in [5.74, 6) is -0.937. The molecule has 1 aromatic rings. The Bertz CT molecular complexity index is 395. The van der Waals surface area contributed by atoms with Gasteiger partial charge in [-0.1, -0.05) is 25.7 Å². The second kappa shape index (κ2) is 5.49. The van der Waals surface area contributed by atoms with Gasteiger partial charge in [0, 0.05) is 10.9 Å². The molecule has 1 aliphatic rings. The maximum absolute atomic E-state index is 10.9. The largest absolute Gasteiger partial charge is 0.476 e. The van der Waals surface area contributed by atoms with Gasteiger partial charge in [-0.05, 0) is 19.8 Å². The van der Waals surface area contributed by atoms with Gasteiger partial charge in [-0.3, -0.25) is 0 Å². The smallest absolute Gasteiger partial charge is 0.355 e. The van der Waals surface area contributed by atoms with Crippen molar-refractivity contribution >= 4 is 22.4 Å². The van der Waals surface area contributed by atoms with Crippen molar-refractivity contribution in [1.29, 1.82) is 0 Å². The lowest BCUT2D eigenvalue weighted by atomic mass is 10.1. The normalized spacial score (nSPS) is 17.7. The Hall–Kier alpha value is -1.10. The van der Waals surface area contributed by atoms with E-state index in [-0.39, 0.29) is 5.69 Å². The van der Waals surface area contributed by atoms with Crippen LogP contribution < -0.4 is 5.32 Å². The van der Waals surface area contributed by atoms with Crippen LogP contribution in [0.2, 0.25) is 0 Å². The Morgan fingerprint density at radius 1 is 1.35 bits per heavy atom. The monoisotopic (exact) mass is 254 g/mol. The lowest BCUT2D eigenvalue weighted by molar-refractivity contribution is 0.0690. The number of aromatic nitrogens is 1. The van der Waals surface area contributed by atoms with Crippen LogP contribution in [-0.2, 0) is 0 Å². The van der Waals surface area contributed by atoms with E-state index < -0.39 is 5.97 Å². The summed E-state index contributed by atoms with van der Waals surface area (Å²) in [4.78, 5) is 15.8. The number of carbonyl (C=O) groups is 1. The number of nitrogens with zero attached hydrogens (tertiary/aromatic N) is 1. The molecule has 0 bridgehead atoms. The predicted octanol–water partition coefficient (Wildman–Crippen LogP) is 3.28. The van der Waals surface area contributed by atoms with Gasteiger partial charge < -0.3 is 10.4 Å². The van der Waals surface area contributed by atoms with Gasteiger partial charge in [0.2, 0.25) is 0 Å². The van der Waals surface area contributed by atoms with Crippen molar-refractivity contribution in [3.63, 3.8) is 0 Å². The summed E-state index contributed by atoms with van der Waals surface area (Å²) in [5.41, 5.74) is 0.186. The minimum Gasteiger partial charge on any atom is -0.476 e. The number of nitrogens with one attached hydrogen (secondary N) is 1. The zero-order valence-electron chi connectivity index (χ0n) is 10.0. The molecule has 0 spiro atoms. The highest BCUT2D eigenvalue weighted by atomic mass is 32.1. The van der Waals surface area contributed by atoms with E-state index in [0.29, 0.717) is 6.04 Å². The van der Waals surface area contributed by atoms with E-state index in [4.69, 9.17) is 5.11 Å². The zero-order valence-corrected chi connectivity index (χ0v) is 10.8. The van der Waals surface area contributed by atoms with E-state index in [1.807, 2.05) is 0 Å². The fraction of sp³-hybridized carbons (Fsp3) is 0.667. The summed E-state index contributed by atoms with van der Waals surface area (Å²) in [6.45, 7) is 1.80. The first-order valence-corrected chi connectivity index (χ1v) is 6.95. The van der Waals surface area contributed by atoms with Crippen LogP contribution in [0.3, 0.4) is 0 Å². The van der Waals surface area contributed by atoms with Crippen molar-refractivity contribution in [2.24, 2.45) is 0 Å². The van der Waals surface area contributed by atoms with Gasteiger partial charge in [-0.15, -0.1) is 11.3 Å². The first-order valence-electron chi connectivity index (χ1n) is 6.14. The molecule has 0 atom stereocenters. The molecule has 2 N–H and O–H groups in total.